The molecule has 0 bridgehead atoms. The van der Waals surface area contributed by atoms with Crippen LogP contribution in [0.4, 0.5) is 0 Å². The summed E-state index contributed by atoms with van der Waals surface area (Å²) in [5.74, 6) is 0.853. The minimum absolute atomic E-state index is 0. The molecule has 1 aromatic heterocycles. The molecule has 6 nitrogen and oxygen atoms in total. The number of thiophene rings is 1. The summed E-state index contributed by atoms with van der Waals surface area (Å²) in [5, 5.41) is 5.51. The number of aliphatic imine (C=N–C) groups is 1. The zero-order valence-electron chi connectivity index (χ0n) is 14.9. The van der Waals surface area contributed by atoms with Crippen LogP contribution in [0.15, 0.2) is 22.5 Å². The van der Waals surface area contributed by atoms with Crippen LogP contribution in [-0.2, 0) is 16.1 Å². The van der Waals surface area contributed by atoms with Crippen LogP contribution < -0.4 is 5.32 Å². The maximum atomic E-state index is 11.9. The number of rotatable bonds is 4. The fourth-order valence-electron chi connectivity index (χ4n) is 3.22. The molecule has 1 atom stereocenters. The third kappa shape index (κ3) is 5.30. The fraction of sp³-hybridized carbons (Fsp3) is 0.647. The van der Waals surface area contributed by atoms with Crippen LogP contribution in [-0.4, -0.2) is 68.6 Å². The second-order valence-electron chi connectivity index (χ2n) is 6.84. The van der Waals surface area contributed by atoms with Gasteiger partial charge in [0, 0.05) is 44.1 Å². The van der Waals surface area contributed by atoms with Crippen molar-refractivity contribution in [3.05, 3.63) is 22.4 Å². The summed E-state index contributed by atoms with van der Waals surface area (Å²) in [6, 6.07) is 4.16. The summed E-state index contributed by atoms with van der Waals surface area (Å²) < 4.78 is 5.61. The van der Waals surface area contributed by atoms with E-state index in [1.54, 1.807) is 30.3 Å². The highest BCUT2D eigenvalue weighted by molar-refractivity contribution is 14.0. The van der Waals surface area contributed by atoms with Gasteiger partial charge in [-0.15, -0.1) is 35.3 Å². The summed E-state index contributed by atoms with van der Waals surface area (Å²) in [7, 11) is 3.52. The zero-order valence-corrected chi connectivity index (χ0v) is 18.0. The Bertz CT molecular complexity index is 585. The lowest BCUT2D eigenvalue weighted by Crippen LogP contribution is -2.42. The van der Waals surface area contributed by atoms with Crippen molar-refractivity contribution in [3.8, 4) is 0 Å². The van der Waals surface area contributed by atoms with Crippen LogP contribution in [0.1, 0.15) is 17.7 Å². The average Bonchev–Trinajstić information content (AvgIpc) is 3.31. The van der Waals surface area contributed by atoms with Gasteiger partial charge in [-0.3, -0.25) is 4.79 Å². The molecule has 3 heterocycles. The lowest BCUT2D eigenvalue weighted by molar-refractivity contribution is -0.127. The van der Waals surface area contributed by atoms with Crippen molar-refractivity contribution in [1.29, 1.82) is 0 Å². The molecule has 0 saturated carbocycles. The number of hydrogen-bond acceptors (Lipinski definition) is 4. The van der Waals surface area contributed by atoms with Crippen LogP contribution in [0.5, 0.6) is 0 Å². The number of nitrogens with one attached hydrogen (secondary N) is 1. The Labute approximate surface area is 170 Å². The molecule has 8 heteroatoms. The van der Waals surface area contributed by atoms with Gasteiger partial charge in [-0.05, 0) is 24.3 Å². The smallest absolute Gasteiger partial charge is 0.243 e. The number of guanidine groups is 1. The number of carbonyl (C=O) groups excluding carboxylic acids is 1. The minimum atomic E-state index is 0. The molecule has 0 aromatic carbocycles. The topological polar surface area (TPSA) is 57.2 Å². The zero-order chi connectivity index (χ0) is 17.0. The summed E-state index contributed by atoms with van der Waals surface area (Å²) in [4.78, 5) is 21.6. The highest BCUT2D eigenvalue weighted by Crippen LogP contribution is 2.38. The van der Waals surface area contributed by atoms with E-state index in [0.717, 1.165) is 51.6 Å². The Morgan fingerprint density at radius 1 is 1.48 bits per heavy atom. The van der Waals surface area contributed by atoms with Gasteiger partial charge in [-0.1, -0.05) is 6.07 Å². The number of hydrogen-bond donors (Lipinski definition) is 1. The number of likely N-dealkylation sites (N-methyl/N-ethyl adjacent to an activating group) is 1. The molecule has 140 valence electrons. The van der Waals surface area contributed by atoms with E-state index in [1.165, 1.54) is 4.88 Å². The first kappa shape index (κ1) is 20.4. The minimum Gasteiger partial charge on any atom is -0.381 e. The molecule has 1 amide bonds. The van der Waals surface area contributed by atoms with Crippen molar-refractivity contribution in [2.75, 3.05) is 46.9 Å². The molecule has 1 aromatic rings. The summed E-state index contributed by atoms with van der Waals surface area (Å²) in [6.45, 7) is 4.56. The van der Waals surface area contributed by atoms with Crippen molar-refractivity contribution in [3.63, 3.8) is 0 Å². The molecule has 1 unspecified atom stereocenters. The molecule has 0 radical (unpaired) electrons. The predicted octanol–water partition coefficient (Wildman–Crippen LogP) is 2.01. The Balaban J connectivity index is 0.00000225. The number of nitrogens with zero attached hydrogens (tertiary/aromatic N) is 3. The van der Waals surface area contributed by atoms with E-state index in [0.29, 0.717) is 0 Å². The molecule has 25 heavy (non-hydrogen) atoms. The van der Waals surface area contributed by atoms with Gasteiger partial charge in [0.15, 0.2) is 5.96 Å². The first-order chi connectivity index (χ1) is 11.6. The molecule has 2 aliphatic rings. The first-order valence-corrected chi connectivity index (χ1v) is 9.30. The van der Waals surface area contributed by atoms with Gasteiger partial charge < -0.3 is 19.9 Å². The second-order valence-corrected chi connectivity index (χ2v) is 7.87. The van der Waals surface area contributed by atoms with E-state index in [-0.39, 0.29) is 41.8 Å². The van der Waals surface area contributed by atoms with E-state index in [9.17, 15) is 4.79 Å². The van der Waals surface area contributed by atoms with Crippen LogP contribution in [0, 0.1) is 5.41 Å². The van der Waals surface area contributed by atoms with E-state index in [2.05, 4.69) is 32.7 Å². The monoisotopic (exact) mass is 478 g/mol. The Morgan fingerprint density at radius 3 is 2.96 bits per heavy atom. The normalized spacial score (nSPS) is 23.0. The lowest BCUT2D eigenvalue weighted by atomic mass is 9.87. The molecule has 2 fully saturated rings. The lowest BCUT2D eigenvalue weighted by Gasteiger charge is -2.25. The van der Waals surface area contributed by atoms with Gasteiger partial charge >= 0.3 is 0 Å². The van der Waals surface area contributed by atoms with Crippen molar-refractivity contribution >= 4 is 47.2 Å². The molecule has 3 rings (SSSR count). The van der Waals surface area contributed by atoms with Gasteiger partial charge in [0.1, 0.15) is 6.54 Å². The maximum absolute atomic E-state index is 11.9. The molecule has 2 aliphatic heterocycles. The van der Waals surface area contributed by atoms with Crippen LogP contribution in [0.3, 0.4) is 0 Å². The number of carbonyl (C=O) groups is 1. The van der Waals surface area contributed by atoms with Gasteiger partial charge in [0.2, 0.25) is 5.91 Å². The maximum Gasteiger partial charge on any atom is 0.243 e. The van der Waals surface area contributed by atoms with E-state index in [4.69, 9.17) is 4.74 Å². The van der Waals surface area contributed by atoms with E-state index in [1.807, 2.05) is 0 Å². The Morgan fingerprint density at radius 2 is 2.32 bits per heavy atom. The highest BCUT2D eigenvalue weighted by atomic mass is 127. The fourth-order valence-corrected chi connectivity index (χ4v) is 3.86. The van der Waals surface area contributed by atoms with Crippen molar-refractivity contribution in [1.82, 2.24) is 15.1 Å². The molecular formula is C17H27IN4O2S. The number of halogens is 1. The highest BCUT2D eigenvalue weighted by Gasteiger charge is 2.42. The first-order valence-electron chi connectivity index (χ1n) is 8.42. The van der Waals surface area contributed by atoms with E-state index < -0.39 is 0 Å². The Hall–Kier alpha value is -0.870. The van der Waals surface area contributed by atoms with Crippen molar-refractivity contribution in [2.45, 2.75) is 19.4 Å². The molecule has 1 N–H and O–H groups in total. The van der Waals surface area contributed by atoms with Crippen LogP contribution in [0.2, 0.25) is 0 Å². The largest absolute Gasteiger partial charge is 0.381 e. The molecule has 1 spiro atoms. The van der Waals surface area contributed by atoms with Crippen LogP contribution in [0.25, 0.3) is 0 Å². The third-order valence-electron chi connectivity index (χ3n) is 4.79. The van der Waals surface area contributed by atoms with Gasteiger partial charge in [0.05, 0.1) is 13.2 Å². The number of likely N-dealkylation sites (tertiary alicyclic amines) is 1. The van der Waals surface area contributed by atoms with Gasteiger partial charge in [-0.25, -0.2) is 4.99 Å². The summed E-state index contributed by atoms with van der Waals surface area (Å²) >= 11 is 1.72. The van der Waals surface area contributed by atoms with Crippen molar-refractivity contribution < 1.29 is 9.53 Å². The SMILES string of the molecule is CN(C)C(=O)CN=C(NCc1cccs1)N1CCC2(CCOC2)C1.I. The van der Waals surface area contributed by atoms with Gasteiger partial charge in [0.25, 0.3) is 0 Å². The third-order valence-corrected chi connectivity index (χ3v) is 5.66. The molecule has 0 aliphatic carbocycles. The standard InChI is InChI=1S/C17H26N4O2S.HI/c1-20(2)15(22)11-19-16(18-10-14-4-3-9-24-14)21-7-5-17(12-21)6-8-23-13-17;/h3-4,9H,5-8,10-13H2,1-2H3,(H,18,19);1H. The number of amides is 1. The van der Waals surface area contributed by atoms with Gasteiger partial charge in [-0.2, -0.15) is 0 Å². The Kier molecular flexibility index (Phi) is 7.51. The quantitative estimate of drug-likeness (QED) is 0.409. The summed E-state index contributed by atoms with van der Waals surface area (Å²) in [5.41, 5.74) is 0.275. The molecule has 2 saturated heterocycles. The number of ether oxygens (including phenoxy) is 1. The average molecular weight is 478 g/mol. The van der Waals surface area contributed by atoms with Crippen LogP contribution >= 0.6 is 35.3 Å². The molecular weight excluding hydrogens is 451 g/mol. The summed E-state index contributed by atoms with van der Waals surface area (Å²) in [6.07, 6.45) is 2.26. The van der Waals surface area contributed by atoms with E-state index >= 15 is 0 Å². The second kappa shape index (κ2) is 9.18. The van der Waals surface area contributed by atoms with Crippen molar-refractivity contribution in [2.24, 2.45) is 10.4 Å². The predicted molar refractivity (Wildman–Crippen MR) is 112 cm³/mol.